The van der Waals surface area contributed by atoms with Crippen LogP contribution in [0.25, 0.3) is 0 Å². The second-order valence-electron chi connectivity index (χ2n) is 8.66. The third-order valence-electron chi connectivity index (χ3n) is 6.29. The fourth-order valence-corrected chi connectivity index (χ4v) is 6.01. The summed E-state index contributed by atoms with van der Waals surface area (Å²) in [6, 6.07) is 15.0. The van der Waals surface area contributed by atoms with Crippen LogP contribution in [0.4, 0.5) is 11.4 Å². The van der Waals surface area contributed by atoms with Gasteiger partial charge in [0.25, 0.3) is 0 Å². The summed E-state index contributed by atoms with van der Waals surface area (Å²) in [6.45, 7) is 0.460. The number of aliphatic hydroxyl groups is 2. The van der Waals surface area contributed by atoms with Crippen LogP contribution in [-0.4, -0.2) is 70.9 Å². The Hall–Kier alpha value is -2.75. The molecule has 2 aliphatic rings. The Balaban J connectivity index is 1.71. The Labute approximate surface area is 198 Å². The molecule has 2 fully saturated rings. The molecule has 0 bridgehead atoms. The molecule has 1 saturated heterocycles. The Kier molecular flexibility index (Phi) is 6.83. The van der Waals surface area contributed by atoms with E-state index in [0.29, 0.717) is 11.7 Å². The highest BCUT2D eigenvalue weighted by Gasteiger charge is 2.54. The number of ether oxygens (including phenoxy) is 1. The first kappa shape index (κ1) is 23.4. The number of carbonyl (C=O) groups is 1. The van der Waals surface area contributed by atoms with Gasteiger partial charge in [-0.2, -0.15) is 0 Å². The van der Waals surface area contributed by atoms with Gasteiger partial charge in [0.15, 0.2) is 5.17 Å². The van der Waals surface area contributed by atoms with E-state index >= 15 is 0 Å². The molecule has 2 aromatic rings. The molecule has 4 rings (SSSR count). The predicted molar refractivity (Wildman–Crippen MR) is 131 cm³/mol. The number of aliphatic imine (C=N–C) groups is 1. The summed E-state index contributed by atoms with van der Waals surface area (Å²) in [6.07, 6.45) is -1.90. The zero-order valence-electron chi connectivity index (χ0n) is 19.0. The monoisotopic (exact) mass is 470 g/mol. The molecule has 0 radical (unpaired) electrons. The van der Waals surface area contributed by atoms with Crippen molar-refractivity contribution in [1.82, 2.24) is 4.90 Å². The van der Waals surface area contributed by atoms with Crippen molar-refractivity contribution in [2.75, 3.05) is 26.1 Å². The van der Waals surface area contributed by atoms with Crippen molar-refractivity contribution < 1.29 is 19.7 Å². The summed E-state index contributed by atoms with van der Waals surface area (Å²) in [4.78, 5) is 21.1. The molecule has 5 unspecified atom stereocenters. The zero-order chi connectivity index (χ0) is 23.7. The van der Waals surface area contributed by atoms with Crippen LogP contribution in [0.1, 0.15) is 12.0 Å². The minimum atomic E-state index is -1.03. The number of carbonyl (C=O) groups excluding carboxylic acids is 1. The summed E-state index contributed by atoms with van der Waals surface area (Å²) in [5, 5.41) is 21.8. The van der Waals surface area contributed by atoms with Gasteiger partial charge in [-0.3, -0.25) is 4.79 Å². The predicted octanol–water partition coefficient (Wildman–Crippen LogP) is 1.96. The Bertz CT molecular complexity index is 1010. The fraction of sp³-hybridized carbons (Fsp3) is 0.417. The normalized spacial score (nSPS) is 28.0. The van der Waals surface area contributed by atoms with Gasteiger partial charge < -0.3 is 30.5 Å². The lowest BCUT2D eigenvalue weighted by Gasteiger charge is -2.41. The SMILES string of the molecule is COc1ccc(CN2C(=Nc3ccc(N(C)C)cc3)SC3C(C(N)=O)CC(O)C(O)C32)cc1. The molecule has 0 spiro atoms. The number of nitrogens with zero attached hydrogens (tertiary/aromatic N) is 3. The molecule has 1 aliphatic heterocycles. The summed E-state index contributed by atoms with van der Waals surface area (Å²) in [5.41, 5.74) is 8.51. The number of fused-ring (bicyclic) bond motifs is 1. The molecule has 1 amide bonds. The number of hydrogen-bond acceptors (Lipinski definition) is 7. The minimum Gasteiger partial charge on any atom is -0.497 e. The third-order valence-corrected chi connectivity index (χ3v) is 7.70. The van der Waals surface area contributed by atoms with Crippen LogP contribution in [0.5, 0.6) is 5.75 Å². The maximum absolute atomic E-state index is 12.2. The average molecular weight is 471 g/mol. The Morgan fingerprint density at radius 3 is 2.42 bits per heavy atom. The highest BCUT2D eigenvalue weighted by atomic mass is 32.2. The number of primary amides is 1. The van der Waals surface area contributed by atoms with E-state index in [0.717, 1.165) is 22.7 Å². The number of amides is 1. The van der Waals surface area contributed by atoms with Crippen molar-refractivity contribution in [2.45, 2.75) is 36.5 Å². The van der Waals surface area contributed by atoms with Gasteiger partial charge >= 0.3 is 0 Å². The van der Waals surface area contributed by atoms with E-state index in [1.165, 1.54) is 11.8 Å². The molecule has 1 saturated carbocycles. The number of rotatable bonds is 6. The molecular formula is C24H30N4O4S. The van der Waals surface area contributed by atoms with Crippen LogP contribution in [0.2, 0.25) is 0 Å². The summed E-state index contributed by atoms with van der Waals surface area (Å²) in [7, 11) is 5.57. The first-order valence-electron chi connectivity index (χ1n) is 10.9. The molecule has 176 valence electrons. The van der Waals surface area contributed by atoms with E-state index in [2.05, 4.69) is 0 Å². The molecule has 1 aliphatic carbocycles. The van der Waals surface area contributed by atoms with E-state index < -0.39 is 30.1 Å². The highest BCUT2D eigenvalue weighted by molar-refractivity contribution is 8.14. The van der Waals surface area contributed by atoms with Gasteiger partial charge in [-0.05, 0) is 48.4 Å². The molecule has 0 aromatic heterocycles. The smallest absolute Gasteiger partial charge is 0.221 e. The standard InChI is InChI=1S/C24H30N4O4S/c1-27(2)16-8-6-15(7-9-16)26-24-28(13-14-4-10-17(32-3)11-5-14)20-21(30)19(29)12-18(23(25)31)22(20)33-24/h4-11,18-22,29-30H,12-13H2,1-3H3,(H2,25,31). The molecular weight excluding hydrogens is 440 g/mol. The van der Waals surface area contributed by atoms with Crippen molar-refractivity contribution in [3.05, 3.63) is 54.1 Å². The summed E-state index contributed by atoms with van der Waals surface area (Å²) < 4.78 is 5.25. The molecule has 33 heavy (non-hydrogen) atoms. The summed E-state index contributed by atoms with van der Waals surface area (Å²) >= 11 is 1.45. The van der Waals surface area contributed by atoms with Crippen LogP contribution in [0.3, 0.4) is 0 Å². The van der Waals surface area contributed by atoms with E-state index in [-0.39, 0.29) is 11.7 Å². The average Bonchev–Trinajstić information content (AvgIpc) is 3.14. The van der Waals surface area contributed by atoms with Gasteiger partial charge in [0.1, 0.15) is 11.9 Å². The van der Waals surface area contributed by atoms with E-state index in [9.17, 15) is 15.0 Å². The van der Waals surface area contributed by atoms with E-state index in [1.807, 2.05) is 72.4 Å². The first-order chi connectivity index (χ1) is 15.8. The number of hydrogen-bond donors (Lipinski definition) is 3. The zero-order valence-corrected chi connectivity index (χ0v) is 19.8. The van der Waals surface area contributed by atoms with Crippen molar-refractivity contribution >= 4 is 34.2 Å². The quantitative estimate of drug-likeness (QED) is 0.592. The lowest BCUT2D eigenvalue weighted by molar-refractivity contribution is -0.128. The van der Waals surface area contributed by atoms with Gasteiger partial charge in [-0.25, -0.2) is 4.99 Å². The van der Waals surface area contributed by atoms with Gasteiger partial charge in [-0.15, -0.1) is 0 Å². The third kappa shape index (κ3) is 4.80. The van der Waals surface area contributed by atoms with Crippen LogP contribution in [-0.2, 0) is 11.3 Å². The van der Waals surface area contributed by atoms with Crippen LogP contribution in [0, 0.1) is 5.92 Å². The Morgan fingerprint density at radius 1 is 1.18 bits per heavy atom. The van der Waals surface area contributed by atoms with Crippen LogP contribution >= 0.6 is 11.8 Å². The van der Waals surface area contributed by atoms with E-state index in [4.69, 9.17) is 15.5 Å². The minimum absolute atomic E-state index is 0.145. The number of methoxy groups -OCH3 is 1. The topological polar surface area (TPSA) is 112 Å². The van der Waals surface area contributed by atoms with Gasteiger partial charge in [0, 0.05) is 31.6 Å². The lowest BCUT2D eigenvalue weighted by atomic mass is 9.80. The number of anilines is 1. The van der Waals surface area contributed by atoms with Crippen molar-refractivity contribution in [3.63, 3.8) is 0 Å². The van der Waals surface area contributed by atoms with Crippen molar-refractivity contribution in [1.29, 1.82) is 0 Å². The largest absolute Gasteiger partial charge is 0.497 e. The summed E-state index contributed by atoms with van der Waals surface area (Å²) in [5.74, 6) is -0.269. The molecule has 2 aromatic carbocycles. The van der Waals surface area contributed by atoms with Gasteiger partial charge in [-0.1, -0.05) is 23.9 Å². The number of aliphatic hydroxyl groups excluding tert-OH is 2. The van der Waals surface area contributed by atoms with Gasteiger partial charge in [0.2, 0.25) is 5.91 Å². The van der Waals surface area contributed by atoms with Crippen molar-refractivity contribution in [2.24, 2.45) is 16.6 Å². The number of thioether (sulfide) groups is 1. The number of nitrogens with two attached hydrogens (primary N) is 1. The second kappa shape index (κ2) is 9.62. The molecule has 4 N–H and O–H groups in total. The lowest BCUT2D eigenvalue weighted by Crippen LogP contribution is -2.58. The number of amidine groups is 1. The molecule has 5 atom stereocenters. The molecule has 1 heterocycles. The molecule has 8 nitrogen and oxygen atoms in total. The van der Waals surface area contributed by atoms with Crippen LogP contribution in [0.15, 0.2) is 53.5 Å². The fourth-order valence-electron chi connectivity index (χ4n) is 4.43. The van der Waals surface area contributed by atoms with Gasteiger partial charge in [0.05, 0.1) is 30.9 Å². The maximum atomic E-state index is 12.2. The number of benzene rings is 2. The van der Waals surface area contributed by atoms with Crippen molar-refractivity contribution in [3.8, 4) is 5.75 Å². The highest BCUT2D eigenvalue weighted by Crippen LogP contribution is 2.45. The second-order valence-corrected chi connectivity index (χ2v) is 9.80. The molecule has 9 heteroatoms. The van der Waals surface area contributed by atoms with E-state index in [1.54, 1.807) is 7.11 Å². The first-order valence-corrected chi connectivity index (χ1v) is 11.7. The Morgan fingerprint density at radius 2 is 1.85 bits per heavy atom. The van der Waals surface area contributed by atoms with Crippen LogP contribution < -0.4 is 15.4 Å². The maximum Gasteiger partial charge on any atom is 0.221 e.